The van der Waals surface area contributed by atoms with Gasteiger partial charge in [0.25, 0.3) is 0 Å². The molecule has 2 nitrogen and oxygen atoms in total. The van der Waals surface area contributed by atoms with Crippen LogP contribution in [0.15, 0.2) is 205 Å². The first-order valence-corrected chi connectivity index (χ1v) is 20.5. The molecule has 10 aromatic carbocycles. The Morgan fingerprint density at radius 3 is 1.81 bits per heavy atom. The summed E-state index contributed by atoms with van der Waals surface area (Å²) in [5, 5.41) is 9.63. The van der Waals surface area contributed by atoms with Crippen molar-refractivity contribution in [2.45, 2.75) is 19.3 Å². The van der Waals surface area contributed by atoms with Crippen molar-refractivity contribution in [3.63, 3.8) is 0 Å². The summed E-state index contributed by atoms with van der Waals surface area (Å²) in [4.78, 5) is 2.37. The fraction of sp³-hybridized carbons (Fsp3) is 0.0526. The largest absolute Gasteiger partial charge is 0.453 e. The Morgan fingerprint density at radius 2 is 1.00 bits per heavy atom. The predicted octanol–water partition coefficient (Wildman–Crippen LogP) is 16.2. The van der Waals surface area contributed by atoms with Gasteiger partial charge in [0.1, 0.15) is 5.58 Å². The zero-order valence-electron chi connectivity index (χ0n) is 32.9. The van der Waals surface area contributed by atoms with E-state index in [9.17, 15) is 0 Å². The minimum absolute atomic E-state index is 0.123. The van der Waals surface area contributed by atoms with Crippen LogP contribution in [0.1, 0.15) is 25.0 Å². The van der Waals surface area contributed by atoms with E-state index >= 15 is 0 Å². The van der Waals surface area contributed by atoms with Gasteiger partial charge in [-0.15, -0.1) is 0 Å². The Kier molecular flexibility index (Phi) is 7.31. The third-order valence-electron chi connectivity index (χ3n) is 12.8. The average Bonchev–Trinajstić information content (AvgIpc) is 3.77. The molecule has 0 spiro atoms. The molecule has 2 heteroatoms. The Morgan fingerprint density at radius 1 is 0.373 bits per heavy atom. The highest BCUT2D eigenvalue weighted by Gasteiger charge is 2.36. The first-order chi connectivity index (χ1) is 29.0. The fourth-order valence-electron chi connectivity index (χ4n) is 9.99. The van der Waals surface area contributed by atoms with Crippen LogP contribution in [0.5, 0.6) is 0 Å². The molecule has 59 heavy (non-hydrogen) atoms. The molecule has 12 rings (SSSR count). The molecule has 1 aromatic heterocycles. The number of hydrogen-bond donors (Lipinski definition) is 0. The first kappa shape index (κ1) is 33.7. The summed E-state index contributed by atoms with van der Waals surface area (Å²) >= 11 is 0. The zero-order valence-corrected chi connectivity index (χ0v) is 32.9. The van der Waals surface area contributed by atoms with Crippen molar-refractivity contribution in [1.29, 1.82) is 0 Å². The van der Waals surface area contributed by atoms with Gasteiger partial charge in [-0.3, -0.25) is 0 Å². The fourth-order valence-corrected chi connectivity index (χ4v) is 9.99. The first-order valence-electron chi connectivity index (χ1n) is 20.5. The van der Waals surface area contributed by atoms with E-state index < -0.39 is 0 Å². The highest BCUT2D eigenvalue weighted by Crippen LogP contribution is 2.52. The van der Waals surface area contributed by atoms with Crippen molar-refractivity contribution in [3.05, 3.63) is 211 Å². The van der Waals surface area contributed by atoms with Crippen molar-refractivity contribution < 1.29 is 4.42 Å². The number of anilines is 3. The summed E-state index contributed by atoms with van der Waals surface area (Å²) < 4.78 is 7.26. The van der Waals surface area contributed by atoms with E-state index in [1.807, 2.05) is 0 Å². The Bertz CT molecular complexity index is 3460. The van der Waals surface area contributed by atoms with Crippen molar-refractivity contribution in [1.82, 2.24) is 0 Å². The van der Waals surface area contributed by atoms with Crippen LogP contribution in [0, 0.1) is 0 Å². The van der Waals surface area contributed by atoms with Gasteiger partial charge in [-0.05, 0) is 114 Å². The predicted molar refractivity (Wildman–Crippen MR) is 249 cm³/mol. The lowest BCUT2D eigenvalue weighted by molar-refractivity contribution is 0.660. The van der Waals surface area contributed by atoms with Crippen molar-refractivity contribution in [2.24, 2.45) is 0 Å². The third kappa shape index (κ3) is 5.06. The summed E-state index contributed by atoms with van der Waals surface area (Å²) in [7, 11) is 0. The summed E-state index contributed by atoms with van der Waals surface area (Å²) in [6, 6.07) is 73.0. The molecule has 0 saturated heterocycles. The molecule has 0 saturated carbocycles. The molecule has 1 aliphatic carbocycles. The number of nitrogens with zero attached hydrogens (tertiary/aromatic N) is 1. The molecule has 11 aromatic rings. The minimum atomic E-state index is -0.123. The van der Waals surface area contributed by atoms with E-state index in [0.717, 1.165) is 50.1 Å². The zero-order chi connectivity index (χ0) is 39.2. The molecule has 0 aliphatic heterocycles. The molecule has 1 heterocycles. The molecule has 0 radical (unpaired) electrons. The molecular weight excluding hydrogens is 715 g/mol. The van der Waals surface area contributed by atoms with Gasteiger partial charge in [0, 0.05) is 33.1 Å². The SMILES string of the molecule is CC1(C)c2ccccc2-c2ccc(N(c3ccccc3)c3cccc4c3oc3c(-c5ccc(-c6cc7ccccc7c7ccccc67)cc5)c5ccccc5cc34)cc21. The summed E-state index contributed by atoms with van der Waals surface area (Å²) in [6.45, 7) is 4.69. The number of benzene rings is 10. The van der Waals surface area contributed by atoms with Crippen LogP contribution in [-0.4, -0.2) is 0 Å². The van der Waals surface area contributed by atoms with Crippen molar-refractivity contribution in [2.75, 3.05) is 4.90 Å². The molecule has 1 aliphatic rings. The highest BCUT2D eigenvalue weighted by molar-refractivity contribution is 6.20. The minimum Gasteiger partial charge on any atom is -0.453 e. The molecule has 0 amide bonds. The lowest BCUT2D eigenvalue weighted by Gasteiger charge is -2.28. The molecule has 0 N–H and O–H groups in total. The standard InChI is InChI=1S/C57H39NO/c1-57(2)51-25-13-12-23-46(51)47-32-31-41(35-52(47)57)58(40-17-4-3-5-18-40)53-26-14-24-48-50-34-39-16-7-9-20-43(39)54(56(50)59-55(48)53)37-29-27-36(28-30-37)49-33-38-15-6-8-19-42(38)44-21-10-11-22-45(44)49/h3-35H,1-2H3. The monoisotopic (exact) mass is 753 g/mol. The number of hydrogen-bond acceptors (Lipinski definition) is 2. The molecular formula is C57H39NO. The van der Waals surface area contributed by atoms with Crippen LogP contribution in [0.4, 0.5) is 17.1 Å². The summed E-state index contributed by atoms with van der Waals surface area (Å²) in [6.07, 6.45) is 0. The average molecular weight is 754 g/mol. The molecule has 0 unspecified atom stereocenters. The van der Waals surface area contributed by atoms with Crippen molar-refractivity contribution >= 4 is 71.3 Å². The van der Waals surface area contributed by atoms with Gasteiger partial charge in [0.15, 0.2) is 5.58 Å². The normalized spacial score (nSPS) is 13.1. The maximum atomic E-state index is 7.26. The lowest BCUT2D eigenvalue weighted by atomic mass is 9.82. The van der Waals surface area contributed by atoms with Gasteiger partial charge in [0.05, 0.1) is 5.69 Å². The second-order valence-electron chi connectivity index (χ2n) is 16.4. The highest BCUT2D eigenvalue weighted by atomic mass is 16.3. The molecule has 0 fully saturated rings. The van der Waals surface area contributed by atoms with Crippen LogP contribution in [0.3, 0.4) is 0 Å². The van der Waals surface area contributed by atoms with Crippen LogP contribution in [0.2, 0.25) is 0 Å². The van der Waals surface area contributed by atoms with Gasteiger partial charge in [-0.25, -0.2) is 0 Å². The summed E-state index contributed by atoms with van der Waals surface area (Å²) in [5.41, 5.74) is 14.8. The van der Waals surface area contributed by atoms with Gasteiger partial charge >= 0.3 is 0 Å². The van der Waals surface area contributed by atoms with Gasteiger partial charge in [-0.1, -0.05) is 172 Å². The summed E-state index contributed by atoms with van der Waals surface area (Å²) in [5.74, 6) is 0. The number of para-hydroxylation sites is 2. The molecule has 0 atom stereocenters. The topological polar surface area (TPSA) is 16.4 Å². The van der Waals surface area contributed by atoms with Gasteiger partial charge in [-0.2, -0.15) is 0 Å². The van der Waals surface area contributed by atoms with Crippen LogP contribution in [-0.2, 0) is 5.41 Å². The van der Waals surface area contributed by atoms with Gasteiger partial charge < -0.3 is 9.32 Å². The van der Waals surface area contributed by atoms with E-state index in [-0.39, 0.29) is 5.41 Å². The van der Waals surface area contributed by atoms with Crippen molar-refractivity contribution in [3.8, 4) is 33.4 Å². The van der Waals surface area contributed by atoms with Crippen LogP contribution >= 0.6 is 0 Å². The second kappa shape index (κ2) is 12.8. The number of furan rings is 1. The van der Waals surface area contributed by atoms with E-state index in [4.69, 9.17) is 4.42 Å². The van der Waals surface area contributed by atoms with E-state index in [1.165, 1.54) is 65.7 Å². The van der Waals surface area contributed by atoms with E-state index in [1.54, 1.807) is 0 Å². The van der Waals surface area contributed by atoms with E-state index in [2.05, 4.69) is 219 Å². The quantitative estimate of drug-likeness (QED) is 0.163. The maximum Gasteiger partial charge on any atom is 0.159 e. The Labute approximate surface area is 343 Å². The smallest absolute Gasteiger partial charge is 0.159 e. The van der Waals surface area contributed by atoms with Gasteiger partial charge in [0.2, 0.25) is 0 Å². The maximum absolute atomic E-state index is 7.26. The van der Waals surface area contributed by atoms with E-state index in [0.29, 0.717) is 0 Å². The Hall–Kier alpha value is -7.42. The lowest BCUT2D eigenvalue weighted by Crippen LogP contribution is -2.16. The molecule has 0 bridgehead atoms. The molecule has 278 valence electrons. The third-order valence-corrected chi connectivity index (χ3v) is 12.8. The number of fused-ring (bicyclic) bond motifs is 10. The van der Waals surface area contributed by atoms with Crippen LogP contribution in [0.25, 0.3) is 87.6 Å². The van der Waals surface area contributed by atoms with Crippen LogP contribution < -0.4 is 4.90 Å². The Balaban J connectivity index is 1.05. The number of rotatable bonds is 5. The second-order valence-corrected chi connectivity index (χ2v) is 16.4.